The zero-order chi connectivity index (χ0) is 13.4. The van der Waals surface area contributed by atoms with E-state index in [2.05, 4.69) is 60.7 Å². The van der Waals surface area contributed by atoms with E-state index < -0.39 is 0 Å². The van der Waals surface area contributed by atoms with Gasteiger partial charge in [-0.2, -0.15) is 0 Å². The van der Waals surface area contributed by atoms with Crippen LogP contribution in [-0.2, 0) is 0 Å². The minimum atomic E-state index is 1.17. The minimum Gasteiger partial charge on any atom is -0.0610 e. The van der Waals surface area contributed by atoms with E-state index in [9.17, 15) is 0 Å². The summed E-state index contributed by atoms with van der Waals surface area (Å²) in [7, 11) is 0. The molecule has 0 fully saturated rings. The van der Waals surface area contributed by atoms with Crippen LogP contribution in [0.5, 0.6) is 0 Å². The molecule has 0 nitrogen and oxygen atoms in total. The second kappa shape index (κ2) is 4.50. The first-order valence-corrected chi connectivity index (χ1v) is 6.73. The van der Waals surface area contributed by atoms with Gasteiger partial charge in [-0.3, -0.25) is 0 Å². The Morgan fingerprint density at radius 3 is 1.45 bits per heavy atom. The molecule has 0 unspecified atom stereocenters. The molecule has 2 radical (unpaired) electrons. The van der Waals surface area contributed by atoms with Crippen LogP contribution in [0.3, 0.4) is 0 Å². The number of rotatable bonds is 1. The quantitative estimate of drug-likeness (QED) is 0.433. The predicted molar refractivity (Wildman–Crippen MR) is 84.6 cm³/mol. The molecular formula is C20H12. The van der Waals surface area contributed by atoms with Gasteiger partial charge in [0.2, 0.25) is 0 Å². The Morgan fingerprint density at radius 1 is 0.500 bits per heavy atom. The van der Waals surface area contributed by atoms with Crippen LogP contribution in [0, 0.1) is 12.1 Å². The SMILES string of the molecule is [c]1cccc2cccc(-c3cccc4ccc[c]c34)c12. The van der Waals surface area contributed by atoms with E-state index in [4.69, 9.17) is 0 Å². The lowest BCUT2D eigenvalue weighted by atomic mass is 9.94. The number of fused-ring (bicyclic) bond motifs is 2. The molecule has 4 rings (SSSR count). The van der Waals surface area contributed by atoms with Crippen molar-refractivity contribution in [2.45, 2.75) is 0 Å². The Balaban J connectivity index is 2.12. The summed E-state index contributed by atoms with van der Waals surface area (Å²) in [6, 6.07) is 31.8. The maximum Gasteiger partial charge on any atom is -0.00264 e. The van der Waals surface area contributed by atoms with E-state index in [-0.39, 0.29) is 0 Å². The average Bonchev–Trinajstić information content (AvgIpc) is 2.54. The smallest absolute Gasteiger partial charge is 0.00264 e. The van der Waals surface area contributed by atoms with Crippen LogP contribution in [0.4, 0.5) is 0 Å². The van der Waals surface area contributed by atoms with Gasteiger partial charge in [-0.25, -0.2) is 0 Å². The van der Waals surface area contributed by atoms with E-state index in [1.807, 2.05) is 24.3 Å². The number of hydrogen-bond acceptors (Lipinski definition) is 0. The highest BCUT2D eigenvalue weighted by atomic mass is 14.1. The minimum absolute atomic E-state index is 1.17. The Bertz CT molecular complexity index is 816. The molecule has 0 aliphatic carbocycles. The van der Waals surface area contributed by atoms with Crippen molar-refractivity contribution in [2.75, 3.05) is 0 Å². The Hall–Kier alpha value is -2.60. The van der Waals surface area contributed by atoms with Gasteiger partial charge in [0.05, 0.1) is 0 Å². The van der Waals surface area contributed by atoms with Gasteiger partial charge in [-0.15, -0.1) is 0 Å². The highest BCUT2D eigenvalue weighted by Gasteiger charge is 2.06. The Morgan fingerprint density at radius 2 is 0.950 bits per heavy atom. The van der Waals surface area contributed by atoms with Gasteiger partial charge < -0.3 is 0 Å². The highest BCUT2D eigenvalue weighted by Crippen LogP contribution is 2.33. The molecule has 0 N–H and O–H groups in total. The molecule has 0 heterocycles. The van der Waals surface area contributed by atoms with Crippen molar-refractivity contribution in [3.8, 4) is 11.1 Å². The molecule has 4 aromatic rings. The second-order valence-electron chi connectivity index (χ2n) is 4.88. The molecule has 0 amide bonds. The van der Waals surface area contributed by atoms with Gasteiger partial charge >= 0.3 is 0 Å². The highest BCUT2D eigenvalue weighted by molar-refractivity contribution is 6.04. The molecule has 0 saturated heterocycles. The monoisotopic (exact) mass is 252 g/mol. The van der Waals surface area contributed by atoms with Crippen molar-refractivity contribution >= 4 is 21.5 Å². The van der Waals surface area contributed by atoms with Crippen LogP contribution in [0.1, 0.15) is 0 Å². The van der Waals surface area contributed by atoms with Crippen molar-refractivity contribution in [2.24, 2.45) is 0 Å². The molecule has 4 aromatic carbocycles. The van der Waals surface area contributed by atoms with Gasteiger partial charge in [-0.1, -0.05) is 72.8 Å². The topological polar surface area (TPSA) is 0 Å². The normalized spacial score (nSPS) is 11.0. The first-order valence-electron chi connectivity index (χ1n) is 6.73. The molecule has 0 aliphatic heterocycles. The largest absolute Gasteiger partial charge is 0.0610 e. The molecule has 0 aliphatic rings. The van der Waals surface area contributed by atoms with Gasteiger partial charge in [0.25, 0.3) is 0 Å². The lowest BCUT2D eigenvalue weighted by Gasteiger charge is -2.09. The first-order chi connectivity index (χ1) is 9.93. The molecule has 0 spiro atoms. The molecule has 0 aromatic heterocycles. The summed E-state index contributed by atoms with van der Waals surface area (Å²) in [4.78, 5) is 0. The summed E-state index contributed by atoms with van der Waals surface area (Å²) in [6.07, 6.45) is 0. The van der Waals surface area contributed by atoms with Crippen LogP contribution in [0.15, 0.2) is 72.8 Å². The standard InChI is InChI=1S/C20H12/c1-3-11-17-15(7-1)9-5-13-19(17)20-14-6-10-16-8-2-4-12-18(16)20/h1-10,13-14H. The van der Waals surface area contributed by atoms with Crippen molar-refractivity contribution in [1.29, 1.82) is 0 Å². The molecule has 0 bridgehead atoms. The molecule has 20 heavy (non-hydrogen) atoms. The van der Waals surface area contributed by atoms with E-state index in [0.717, 1.165) is 0 Å². The maximum atomic E-state index is 3.37. The fraction of sp³-hybridized carbons (Fsp3) is 0. The number of hydrogen-bond donors (Lipinski definition) is 0. The Labute approximate surface area is 118 Å². The summed E-state index contributed by atoms with van der Waals surface area (Å²) in [5.41, 5.74) is 2.44. The third kappa shape index (κ3) is 1.70. The fourth-order valence-corrected chi connectivity index (χ4v) is 2.76. The third-order valence-corrected chi connectivity index (χ3v) is 3.68. The van der Waals surface area contributed by atoms with Crippen molar-refractivity contribution < 1.29 is 0 Å². The number of benzene rings is 4. The summed E-state index contributed by atoms with van der Waals surface area (Å²) >= 11 is 0. The van der Waals surface area contributed by atoms with Crippen LogP contribution in [0.25, 0.3) is 32.7 Å². The van der Waals surface area contributed by atoms with Gasteiger partial charge in [-0.05, 0) is 44.8 Å². The summed E-state index contributed by atoms with van der Waals surface area (Å²) in [6.45, 7) is 0. The van der Waals surface area contributed by atoms with Crippen LogP contribution < -0.4 is 0 Å². The summed E-state index contributed by atoms with van der Waals surface area (Å²) in [5.74, 6) is 0. The average molecular weight is 252 g/mol. The van der Waals surface area contributed by atoms with Crippen molar-refractivity contribution in [3.63, 3.8) is 0 Å². The van der Waals surface area contributed by atoms with Crippen LogP contribution >= 0.6 is 0 Å². The zero-order valence-electron chi connectivity index (χ0n) is 10.9. The molecule has 0 heteroatoms. The van der Waals surface area contributed by atoms with Gasteiger partial charge in [0.15, 0.2) is 0 Å². The lowest BCUT2D eigenvalue weighted by Crippen LogP contribution is -1.84. The first kappa shape index (κ1) is 11.2. The van der Waals surface area contributed by atoms with E-state index in [1.54, 1.807) is 0 Å². The lowest BCUT2D eigenvalue weighted by molar-refractivity contribution is 1.67. The van der Waals surface area contributed by atoms with E-state index >= 15 is 0 Å². The third-order valence-electron chi connectivity index (χ3n) is 3.68. The molecular weight excluding hydrogens is 240 g/mol. The van der Waals surface area contributed by atoms with Crippen LogP contribution in [-0.4, -0.2) is 0 Å². The zero-order valence-corrected chi connectivity index (χ0v) is 10.9. The second-order valence-corrected chi connectivity index (χ2v) is 4.88. The van der Waals surface area contributed by atoms with Crippen molar-refractivity contribution in [3.05, 3.63) is 84.9 Å². The van der Waals surface area contributed by atoms with E-state index in [0.29, 0.717) is 0 Å². The maximum absolute atomic E-state index is 3.37. The molecule has 0 atom stereocenters. The van der Waals surface area contributed by atoms with Crippen molar-refractivity contribution in [1.82, 2.24) is 0 Å². The van der Waals surface area contributed by atoms with Gasteiger partial charge in [0.1, 0.15) is 0 Å². The predicted octanol–water partition coefficient (Wildman–Crippen LogP) is 5.26. The summed E-state index contributed by atoms with van der Waals surface area (Å²) in [5, 5.41) is 4.77. The molecule has 92 valence electrons. The summed E-state index contributed by atoms with van der Waals surface area (Å²) < 4.78 is 0. The Kier molecular flexibility index (Phi) is 2.53. The fourth-order valence-electron chi connectivity index (χ4n) is 2.76. The van der Waals surface area contributed by atoms with Gasteiger partial charge in [0, 0.05) is 0 Å². The molecule has 0 saturated carbocycles. The van der Waals surface area contributed by atoms with Crippen LogP contribution in [0.2, 0.25) is 0 Å². The van der Waals surface area contributed by atoms with E-state index in [1.165, 1.54) is 32.7 Å².